The van der Waals surface area contributed by atoms with Crippen LogP contribution in [0, 0.1) is 0 Å². The van der Waals surface area contributed by atoms with E-state index in [2.05, 4.69) is 48.7 Å². The summed E-state index contributed by atoms with van der Waals surface area (Å²) in [5.74, 6) is 0.844. The number of hydrogen-bond donors (Lipinski definition) is 1. The Balaban J connectivity index is 2.19. The van der Waals surface area contributed by atoms with Gasteiger partial charge in [-0.25, -0.2) is 0 Å². The summed E-state index contributed by atoms with van der Waals surface area (Å²) >= 11 is 4.14. The molecule has 14 heavy (non-hydrogen) atoms. The first-order valence-electron chi connectivity index (χ1n) is 5.38. The monoisotopic (exact) mass is 214 g/mol. The van der Waals surface area contributed by atoms with Gasteiger partial charge in [0.05, 0.1) is 0 Å². The van der Waals surface area contributed by atoms with E-state index in [0.29, 0.717) is 0 Å². The van der Waals surface area contributed by atoms with Crippen LogP contribution in [-0.4, -0.2) is 55.3 Å². The Labute approximate surface area is 93.4 Å². The van der Waals surface area contributed by atoms with E-state index in [1.807, 2.05) is 0 Å². The van der Waals surface area contributed by atoms with E-state index in [-0.39, 0.29) is 0 Å². The summed E-state index contributed by atoms with van der Waals surface area (Å²) in [6.07, 6.45) is 7.03. The molecule has 0 radical (unpaired) electrons. The highest BCUT2D eigenvalue weighted by atomic mass is 32.1. The van der Waals surface area contributed by atoms with E-state index in [9.17, 15) is 0 Å². The molecule has 0 aromatic heterocycles. The third-order valence-electron chi connectivity index (χ3n) is 2.88. The van der Waals surface area contributed by atoms with Crippen molar-refractivity contribution in [3.63, 3.8) is 0 Å². The molecule has 82 valence electrons. The molecule has 0 saturated carbocycles. The molecule has 0 aromatic carbocycles. The van der Waals surface area contributed by atoms with Crippen molar-refractivity contribution in [3.05, 3.63) is 12.2 Å². The van der Waals surface area contributed by atoms with Crippen molar-refractivity contribution in [1.29, 1.82) is 0 Å². The molecule has 1 aliphatic heterocycles. The third-order valence-corrected chi connectivity index (χ3v) is 3.09. The largest absolute Gasteiger partial charge is 0.302 e. The van der Waals surface area contributed by atoms with Gasteiger partial charge in [0.25, 0.3) is 0 Å². The van der Waals surface area contributed by atoms with E-state index >= 15 is 0 Å². The Morgan fingerprint density at radius 3 is 2.86 bits per heavy atom. The molecule has 1 saturated heterocycles. The maximum absolute atomic E-state index is 4.14. The molecule has 0 aliphatic carbocycles. The Kier molecular flexibility index (Phi) is 5.60. The minimum absolute atomic E-state index is 0.768. The predicted molar refractivity (Wildman–Crippen MR) is 66.1 cm³/mol. The Hall–Kier alpha value is 0.01000. The lowest BCUT2D eigenvalue weighted by Gasteiger charge is -2.24. The normalized spacial score (nSPS) is 24.1. The zero-order chi connectivity index (χ0) is 10.4. The first-order chi connectivity index (χ1) is 6.74. The lowest BCUT2D eigenvalue weighted by Crippen LogP contribution is -2.36. The van der Waals surface area contributed by atoms with Crippen LogP contribution in [0.5, 0.6) is 0 Å². The molecule has 1 aliphatic rings. The predicted octanol–water partition coefficient (Wildman–Crippen LogP) is 1.50. The van der Waals surface area contributed by atoms with Crippen LogP contribution in [-0.2, 0) is 0 Å². The van der Waals surface area contributed by atoms with Crippen LogP contribution < -0.4 is 0 Å². The van der Waals surface area contributed by atoms with Gasteiger partial charge in [-0.2, -0.15) is 12.6 Å². The zero-order valence-corrected chi connectivity index (χ0v) is 10.2. The average molecular weight is 214 g/mol. The molecule has 2 nitrogen and oxygen atoms in total. The van der Waals surface area contributed by atoms with Crippen molar-refractivity contribution >= 4 is 12.6 Å². The molecule has 0 spiro atoms. The number of likely N-dealkylation sites (N-methyl/N-ethyl adjacent to an activating group) is 2. The van der Waals surface area contributed by atoms with E-state index in [4.69, 9.17) is 0 Å². The molecule has 0 bridgehead atoms. The zero-order valence-electron chi connectivity index (χ0n) is 9.32. The Morgan fingerprint density at radius 2 is 2.29 bits per heavy atom. The molecule has 0 amide bonds. The molecule has 1 unspecified atom stereocenters. The summed E-state index contributed by atoms with van der Waals surface area (Å²) in [4.78, 5) is 4.85. The van der Waals surface area contributed by atoms with Crippen LogP contribution in [0.1, 0.15) is 12.8 Å². The summed E-state index contributed by atoms with van der Waals surface area (Å²) in [5.41, 5.74) is 0. The summed E-state index contributed by atoms with van der Waals surface area (Å²) in [7, 11) is 4.42. The van der Waals surface area contributed by atoms with Gasteiger partial charge in [-0.05, 0) is 33.5 Å². The minimum atomic E-state index is 0.768. The van der Waals surface area contributed by atoms with E-state index in [1.165, 1.54) is 25.9 Å². The first-order valence-corrected chi connectivity index (χ1v) is 6.02. The molecular weight excluding hydrogens is 192 g/mol. The average Bonchev–Trinajstić information content (AvgIpc) is 2.52. The van der Waals surface area contributed by atoms with Gasteiger partial charge >= 0.3 is 0 Å². The van der Waals surface area contributed by atoms with Gasteiger partial charge in [-0.15, -0.1) is 0 Å². The van der Waals surface area contributed by atoms with Crippen LogP contribution in [0.3, 0.4) is 0 Å². The smallest absolute Gasteiger partial charge is 0.0220 e. The van der Waals surface area contributed by atoms with Crippen LogP contribution in [0.15, 0.2) is 12.2 Å². The van der Waals surface area contributed by atoms with Gasteiger partial charge in [-0.1, -0.05) is 12.2 Å². The molecule has 1 fully saturated rings. The fourth-order valence-corrected chi connectivity index (χ4v) is 2.12. The van der Waals surface area contributed by atoms with E-state index in [1.54, 1.807) is 0 Å². The lowest BCUT2D eigenvalue weighted by atomic mass is 10.2. The Morgan fingerprint density at radius 1 is 1.50 bits per heavy atom. The fraction of sp³-hybridized carbons (Fsp3) is 0.818. The van der Waals surface area contributed by atoms with Gasteiger partial charge in [0.2, 0.25) is 0 Å². The van der Waals surface area contributed by atoms with Crippen molar-refractivity contribution in [3.8, 4) is 0 Å². The molecule has 1 atom stereocenters. The summed E-state index contributed by atoms with van der Waals surface area (Å²) < 4.78 is 0. The van der Waals surface area contributed by atoms with Crippen molar-refractivity contribution in [2.24, 2.45) is 0 Å². The maximum atomic E-state index is 4.14. The number of nitrogens with zero attached hydrogens (tertiary/aromatic N) is 2. The molecule has 1 rings (SSSR count). The number of hydrogen-bond acceptors (Lipinski definition) is 3. The highest BCUT2D eigenvalue weighted by Crippen LogP contribution is 2.15. The second kappa shape index (κ2) is 6.49. The third kappa shape index (κ3) is 4.03. The topological polar surface area (TPSA) is 6.48 Å². The Bertz CT molecular complexity index is 182. The van der Waals surface area contributed by atoms with Gasteiger partial charge in [-0.3, -0.25) is 0 Å². The van der Waals surface area contributed by atoms with Crippen molar-refractivity contribution in [2.45, 2.75) is 18.9 Å². The number of rotatable bonds is 5. The molecular formula is C11H22N2S. The molecule has 3 heteroatoms. The fourth-order valence-electron chi connectivity index (χ4n) is 1.97. The number of thiol groups is 1. The van der Waals surface area contributed by atoms with Crippen LogP contribution in [0.2, 0.25) is 0 Å². The first kappa shape index (κ1) is 12.1. The number of likely N-dealkylation sites (tertiary alicyclic amines) is 1. The molecule has 0 aromatic rings. The van der Waals surface area contributed by atoms with Crippen molar-refractivity contribution < 1.29 is 0 Å². The SMILES string of the molecule is CN(CC=CCS)CC1CCCN1C. The van der Waals surface area contributed by atoms with Gasteiger partial charge in [0.1, 0.15) is 0 Å². The second-order valence-corrected chi connectivity index (χ2v) is 4.52. The summed E-state index contributed by atoms with van der Waals surface area (Å²) in [6.45, 7) is 3.50. The van der Waals surface area contributed by atoms with Gasteiger partial charge < -0.3 is 9.80 Å². The van der Waals surface area contributed by atoms with E-state index in [0.717, 1.165) is 18.3 Å². The molecule has 0 N–H and O–H groups in total. The van der Waals surface area contributed by atoms with Gasteiger partial charge in [0, 0.05) is 24.9 Å². The summed E-state index contributed by atoms with van der Waals surface area (Å²) in [5, 5.41) is 0. The van der Waals surface area contributed by atoms with E-state index < -0.39 is 0 Å². The maximum Gasteiger partial charge on any atom is 0.0220 e. The standard InChI is InChI=1S/C11H22N2S/c1-12(7-3-4-9-14)10-11-6-5-8-13(11)2/h3-4,11,14H,5-10H2,1-2H3. The highest BCUT2D eigenvalue weighted by Gasteiger charge is 2.21. The van der Waals surface area contributed by atoms with Crippen LogP contribution in [0.25, 0.3) is 0 Å². The van der Waals surface area contributed by atoms with Crippen molar-refractivity contribution in [2.75, 3.05) is 39.5 Å². The van der Waals surface area contributed by atoms with Gasteiger partial charge in [0.15, 0.2) is 0 Å². The lowest BCUT2D eigenvalue weighted by molar-refractivity contribution is 0.232. The highest BCUT2D eigenvalue weighted by molar-refractivity contribution is 7.80. The minimum Gasteiger partial charge on any atom is -0.302 e. The molecule has 1 heterocycles. The van der Waals surface area contributed by atoms with Crippen LogP contribution >= 0.6 is 12.6 Å². The quantitative estimate of drug-likeness (QED) is 0.547. The second-order valence-electron chi connectivity index (χ2n) is 4.15. The summed E-state index contributed by atoms with van der Waals surface area (Å²) in [6, 6.07) is 0.768. The van der Waals surface area contributed by atoms with Crippen LogP contribution in [0.4, 0.5) is 0 Å². The van der Waals surface area contributed by atoms with Crippen molar-refractivity contribution in [1.82, 2.24) is 9.80 Å².